The molecule has 0 fully saturated rings. The zero-order valence-electron chi connectivity index (χ0n) is 11.9. The van der Waals surface area contributed by atoms with E-state index in [0.717, 1.165) is 17.4 Å². The number of carbonyl (C=O) groups is 1. The van der Waals surface area contributed by atoms with Crippen LogP contribution in [0.2, 0.25) is 0 Å². The number of quaternary nitrogens is 1. The number of carbonyl (C=O) groups excluding carboxylic acids is 1. The van der Waals surface area contributed by atoms with E-state index in [1.807, 2.05) is 0 Å². The van der Waals surface area contributed by atoms with Gasteiger partial charge in [-0.2, -0.15) is 0 Å². The molecular formula is C13H28NO3+. The maximum absolute atomic E-state index is 11.8. The molecule has 0 aliphatic heterocycles. The molecular weight excluding hydrogens is 218 g/mol. The zero-order valence-corrected chi connectivity index (χ0v) is 11.9. The van der Waals surface area contributed by atoms with E-state index < -0.39 is 0 Å². The van der Waals surface area contributed by atoms with Gasteiger partial charge in [0.15, 0.2) is 0 Å². The molecule has 0 aromatic carbocycles. The lowest BCUT2D eigenvalue weighted by Crippen LogP contribution is -2.38. The van der Waals surface area contributed by atoms with Crippen LogP contribution in [0.1, 0.15) is 26.7 Å². The molecule has 0 saturated heterocycles. The van der Waals surface area contributed by atoms with Crippen LogP contribution in [0.15, 0.2) is 0 Å². The Morgan fingerprint density at radius 2 is 1.88 bits per heavy atom. The third-order valence-electron chi connectivity index (χ3n) is 2.57. The molecule has 0 unspecified atom stereocenters. The Morgan fingerprint density at radius 1 is 1.29 bits per heavy atom. The van der Waals surface area contributed by atoms with Crippen LogP contribution in [0.5, 0.6) is 0 Å². The molecule has 0 bridgehead atoms. The molecule has 0 heterocycles. The summed E-state index contributed by atoms with van der Waals surface area (Å²) in [5, 5.41) is 8.94. The first-order valence-electron chi connectivity index (χ1n) is 6.34. The van der Waals surface area contributed by atoms with Crippen molar-refractivity contribution in [2.24, 2.45) is 11.8 Å². The molecule has 1 atom stereocenters. The largest absolute Gasteiger partial charge is 0.459 e. The van der Waals surface area contributed by atoms with Crippen molar-refractivity contribution in [3.8, 4) is 0 Å². The summed E-state index contributed by atoms with van der Waals surface area (Å²) < 4.78 is 6.05. The van der Waals surface area contributed by atoms with Gasteiger partial charge in [0.25, 0.3) is 0 Å². The summed E-state index contributed by atoms with van der Waals surface area (Å²) >= 11 is 0. The van der Waals surface area contributed by atoms with E-state index in [4.69, 9.17) is 9.84 Å². The standard InChI is InChI=1S/C13H28NO3/c1-11(2)10-12(6-8-15)13(16)17-9-7-14(3,4)5/h11-12,15H,6-10H2,1-5H3/q+1/t12-/m0/s1. The summed E-state index contributed by atoms with van der Waals surface area (Å²) in [5.41, 5.74) is 0. The molecule has 0 aliphatic carbocycles. The van der Waals surface area contributed by atoms with Gasteiger partial charge >= 0.3 is 5.97 Å². The van der Waals surface area contributed by atoms with Crippen molar-refractivity contribution >= 4 is 5.97 Å². The van der Waals surface area contributed by atoms with Crippen molar-refractivity contribution in [2.45, 2.75) is 26.7 Å². The zero-order chi connectivity index (χ0) is 13.5. The van der Waals surface area contributed by atoms with E-state index in [-0.39, 0.29) is 18.5 Å². The van der Waals surface area contributed by atoms with Crippen molar-refractivity contribution in [3.05, 3.63) is 0 Å². The van der Waals surface area contributed by atoms with Crippen LogP contribution in [0.3, 0.4) is 0 Å². The summed E-state index contributed by atoms with van der Waals surface area (Å²) in [6.45, 7) is 5.44. The van der Waals surface area contributed by atoms with Gasteiger partial charge in [-0.25, -0.2) is 0 Å². The number of likely N-dealkylation sites (N-methyl/N-ethyl adjacent to an activating group) is 1. The second-order valence-electron chi connectivity index (χ2n) is 6.02. The minimum Gasteiger partial charge on any atom is -0.459 e. The normalized spacial score (nSPS) is 13.8. The van der Waals surface area contributed by atoms with Gasteiger partial charge in [0.2, 0.25) is 0 Å². The number of hydrogen-bond donors (Lipinski definition) is 1. The van der Waals surface area contributed by atoms with Gasteiger partial charge in [0.1, 0.15) is 13.2 Å². The maximum atomic E-state index is 11.8. The minimum atomic E-state index is -0.166. The van der Waals surface area contributed by atoms with Crippen LogP contribution in [0.4, 0.5) is 0 Å². The second kappa shape index (κ2) is 7.67. The minimum absolute atomic E-state index is 0.0435. The van der Waals surface area contributed by atoms with Gasteiger partial charge in [-0.15, -0.1) is 0 Å². The van der Waals surface area contributed by atoms with Gasteiger partial charge < -0.3 is 14.3 Å². The van der Waals surface area contributed by atoms with Gasteiger partial charge in [0, 0.05) is 6.61 Å². The molecule has 0 aromatic heterocycles. The van der Waals surface area contributed by atoms with E-state index in [1.54, 1.807) is 0 Å². The number of nitrogens with zero attached hydrogens (tertiary/aromatic N) is 1. The maximum Gasteiger partial charge on any atom is 0.309 e. The van der Waals surface area contributed by atoms with Crippen molar-refractivity contribution in [1.82, 2.24) is 0 Å². The van der Waals surface area contributed by atoms with Crippen LogP contribution in [0.25, 0.3) is 0 Å². The topological polar surface area (TPSA) is 46.5 Å². The summed E-state index contributed by atoms with van der Waals surface area (Å²) in [6.07, 6.45) is 1.28. The van der Waals surface area contributed by atoms with Crippen LogP contribution in [-0.4, -0.2) is 56.5 Å². The van der Waals surface area contributed by atoms with Crippen molar-refractivity contribution < 1.29 is 19.1 Å². The molecule has 0 saturated carbocycles. The lowest BCUT2D eigenvalue weighted by Gasteiger charge is -2.24. The van der Waals surface area contributed by atoms with Gasteiger partial charge in [-0.05, 0) is 18.8 Å². The lowest BCUT2D eigenvalue weighted by molar-refractivity contribution is -0.870. The van der Waals surface area contributed by atoms with Gasteiger partial charge in [-0.3, -0.25) is 4.79 Å². The Hall–Kier alpha value is -0.610. The predicted molar refractivity (Wildman–Crippen MR) is 68.5 cm³/mol. The number of hydrogen-bond acceptors (Lipinski definition) is 3. The Kier molecular flexibility index (Phi) is 7.39. The molecule has 102 valence electrons. The number of rotatable bonds is 8. The molecule has 0 aromatic rings. The molecule has 4 heteroatoms. The highest BCUT2D eigenvalue weighted by atomic mass is 16.5. The molecule has 0 spiro atoms. The molecule has 0 aliphatic rings. The summed E-state index contributed by atoms with van der Waals surface area (Å²) in [6, 6.07) is 0. The van der Waals surface area contributed by atoms with Crippen molar-refractivity contribution in [2.75, 3.05) is 40.9 Å². The first-order chi connectivity index (χ1) is 7.76. The SMILES string of the molecule is CC(C)C[C@H](CCO)C(=O)OCC[N+](C)(C)C. The van der Waals surface area contributed by atoms with Crippen LogP contribution < -0.4 is 0 Å². The smallest absolute Gasteiger partial charge is 0.309 e. The quantitative estimate of drug-likeness (QED) is 0.518. The summed E-state index contributed by atoms with van der Waals surface area (Å²) in [4.78, 5) is 11.8. The second-order valence-corrected chi connectivity index (χ2v) is 6.02. The van der Waals surface area contributed by atoms with E-state index >= 15 is 0 Å². The molecule has 1 N–H and O–H groups in total. The van der Waals surface area contributed by atoms with E-state index in [0.29, 0.717) is 18.9 Å². The number of aliphatic hydroxyl groups is 1. The van der Waals surface area contributed by atoms with E-state index in [1.165, 1.54) is 0 Å². The highest BCUT2D eigenvalue weighted by Crippen LogP contribution is 2.16. The number of esters is 1. The number of aliphatic hydroxyl groups excluding tert-OH is 1. The Morgan fingerprint density at radius 3 is 2.29 bits per heavy atom. The van der Waals surface area contributed by atoms with Crippen LogP contribution >= 0.6 is 0 Å². The molecule has 0 amide bonds. The third-order valence-corrected chi connectivity index (χ3v) is 2.57. The van der Waals surface area contributed by atoms with Crippen molar-refractivity contribution in [1.29, 1.82) is 0 Å². The summed E-state index contributed by atoms with van der Waals surface area (Å²) in [7, 11) is 6.19. The summed E-state index contributed by atoms with van der Waals surface area (Å²) in [5.74, 6) is 0.117. The van der Waals surface area contributed by atoms with Gasteiger partial charge in [0.05, 0.1) is 27.1 Å². The highest BCUT2D eigenvalue weighted by molar-refractivity contribution is 5.72. The molecule has 0 rings (SSSR count). The van der Waals surface area contributed by atoms with Crippen molar-refractivity contribution in [3.63, 3.8) is 0 Å². The number of ether oxygens (including phenoxy) is 1. The monoisotopic (exact) mass is 246 g/mol. The average Bonchev–Trinajstić information content (AvgIpc) is 2.14. The van der Waals surface area contributed by atoms with Crippen LogP contribution in [0, 0.1) is 11.8 Å². The third kappa shape index (κ3) is 9.12. The fourth-order valence-corrected chi connectivity index (χ4v) is 1.59. The average molecular weight is 246 g/mol. The fraction of sp³-hybridized carbons (Fsp3) is 0.923. The first kappa shape index (κ1) is 16.4. The molecule has 4 nitrogen and oxygen atoms in total. The fourth-order valence-electron chi connectivity index (χ4n) is 1.59. The molecule has 17 heavy (non-hydrogen) atoms. The lowest BCUT2D eigenvalue weighted by atomic mass is 9.94. The first-order valence-corrected chi connectivity index (χ1v) is 6.34. The highest BCUT2D eigenvalue weighted by Gasteiger charge is 2.21. The molecule has 0 radical (unpaired) electrons. The van der Waals surface area contributed by atoms with E-state index in [2.05, 4.69) is 35.0 Å². The van der Waals surface area contributed by atoms with E-state index in [9.17, 15) is 4.79 Å². The Bertz CT molecular complexity index is 221. The Balaban J connectivity index is 4.05. The van der Waals surface area contributed by atoms with Crippen LogP contribution in [-0.2, 0) is 9.53 Å². The Labute approximate surface area is 105 Å². The predicted octanol–water partition coefficient (Wildman–Crippen LogP) is 1.28. The van der Waals surface area contributed by atoms with Gasteiger partial charge in [-0.1, -0.05) is 13.8 Å².